The molecule has 0 N–H and O–H groups in total. The van der Waals surface area contributed by atoms with E-state index in [0.717, 1.165) is 33.8 Å². The lowest BCUT2D eigenvalue weighted by Crippen LogP contribution is -2.48. The maximum absolute atomic E-state index is 15.5. The first-order valence-electron chi connectivity index (χ1n) is 13.5. The maximum atomic E-state index is 15.5. The number of benzene rings is 2. The fraction of sp³-hybridized carbons (Fsp3) is 0.273. The number of aliphatic imine (C=N–C) groups is 2. The van der Waals surface area contributed by atoms with Gasteiger partial charge in [0.1, 0.15) is 0 Å². The summed E-state index contributed by atoms with van der Waals surface area (Å²) < 4.78 is 91.8. The molecule has 4 aromatic rings. The second-order valence-corrected chi connectivity index (χ2v) is 13.0. The summed E-state index contributed by atoms with van der Waals surface area (Å²) in [5.74, 6) is -15.9. The molecule has 2 heterocycles. The first kappa shape index (κ1) is 30.9. The van der Waals surface area contributed by atoms with Crippen molar-refractivity contribution in [3.05, 3.63) is 115 Å². The molecule has 224 valence electrons. The predicted octanol–water partition coefficient (Wildman–Crippen LogP) is 10.6. The van der Waals surface area contributed by atoms with Gasteiger partial charge in [-0.2, -0.15) is 26.3 Å². The molecule has 0 saturated carbocycles. The van der Waals surface area contributed by atoms with Crippen LogP contribution in [-0.4, -0.2) is 30.2 Å². The van der Waals surface area contributed by atoms with Crippen LogP contribution in [0.5, 0.6) is 0 Å². The number of halogens is 6. The number of nitrogens with zero attached hydrogens (tertiary/aromatic N) is 2. The van der Waals surface area contributed by atoms with Crippen LogP contribution in [0.1, 0.15) is 67.7 Å². The fourth-order valence-corrected chi connectivity index (χ4v) is 6.90. The van der Waals surface area contributed by atoms with Gasteiger partial charge >= 0.3 is 17.8 Å². The lowest BCUT2D eigenvalue weighted by Gasteiger charge is -2.25. The highest BCUT2D eigenvalue weighted by Gasteiger charge is 2.80. The van der Waals surface area contributed by atoms with Crippen molar-refractivity contribution in [2.24, 2.45) is 9.98 Å². The predicted molar refractivity (Wildman–Crippen MR) is 165 cm³/mol. The number of allylic oxidation sites excluding steroid dienone is 2. The van der Waals surface area contributed by atoms with Crippen molar-refractivity contribution in [1.82, 2.24) is 0 Å². The second-order valence-electron chi connectivity index (χ2n) is 10.4. The molecular weight excluding hydrogens is 602 g/mol. The minimum Gasteiger partial charge on any atom is -0.284 e. The molecule has 0 fully saturated rings. The van der Waals surface area contributed by atoms with Gasteiger partial charge in [-0.3, -0.25) is 9.98 Å². The summed E-state index contributed by atoms with van der Waals surface area (Å²) in [4.78, 5) is 10.1. The molecule has 0 spiro atoms. The largest absolute Gasteiger partial charge is 0.380 e. The summed E-state index contributed by atoms with van der Waals surface area (Å²) in [6.07, 6.45) is 2.92. The Bertz CT molecular complexity index is 1580. The van der Waals surface area contributed by atoms with Gasteiger partial charge in [-0.25, -0.2) is 0 Å². The summed E-state index contributed by atoms with van der Waals surface area (Å²) in [5, 5.41) is 0. The van der Waals surface area contributed by atoms with Gasteiger partial charge < -0.3 is 0 Å². The molecule has 1 aliphatic rings. The van der Waals surface area contributed by atoms with E-state index in [4.69, 9.17) is 0 Å². The summed E-state index contributed by atoms with van der Waals surface area (Å²) in [6.45, 7) is 6.61. The maximum Gasteiger partial charge on any atom is 0.380 e. The van der Waals surface area contributed by atoms with Gasteiger partial charge in [0, 0.05) is 43.1 Å². The highest BCUT2D eigenvalue weighted by atomic mass is 32.1. The average molecular weight is 631 g/mol. The van der Waals surface area contributed by atoms with Crippen LogP contribution in [0, 0.1) is 13.8 Å². The van der Waals surface area contributed by atoms with Crippen molar-refractivity contribution in [2.75, 3.05) is 0 Å². The van der Waals surface area contributed by atoms with E-state index in [1.54, 1.807) is 0 Å². The standard InChI is InChI=1S/C33H28F6N2S2/c1-19(23-11-7-5-8-12-23)40-17-25-15-27(21(3)42-25)29-30(32(36,37)33(38,39)31(29,34)35)28-16-26(43-22(28)4)18-41-20(2)24-13-9-6-10-14-24/h5-20H,1-4H3/t19-,20-/m1/s1. The molecule has 0 aliphatic heterocycles. The summed E-state index contributed by atoms with van der Waals surface area (Å²) in [7, 11) is 0. The topological polar surface area (TPSA) is 24.7 Å². The lowest BCUT2D eigenvalue weighted by atomic mass is 9.95. The van der Waals surface area contributed by atoms with Crippen LogP contribution in [-0.2, 0) is 0 Å². The van der Waals surface area contributed by atoms with Gasteiger partial charge in [0.2, 0.25) is 0 Å². The Morgan fingerprint density at radius 1 is 0.605 bits per heavy atom. The first-order chi connectivity index (χ1) is 20.3. The summed E-state index contributed by atoms with van der Waals surface area (Å²) in [6, 6.07) is 20.7. The Balaban J connectivity index is 1.57. The van der Waals surface area contributed by atoms with Crippen LogP contribution in [0.4, 0.5) is 26.3 Å². The molecule has 2 aromatic heterocycles. The van der Waals surface area contributed by atoms with Gasteiger partial charge in [-0.1, -0.05) is 60.7 Å². The Morgan fingerprint density at radius 2 is 0.953 bits per heavy atom. The Morgan fingerprint density at radius 3 is 1.30 bits per heavy atom. The molecule has 0 bridgehead atoms. The Kier molecular flexibility index (Phi) is 8.30. The number of hydrogen-bond acceptors (Lipinski definition) is 4. The van der Waals surface area contributed by atoms with Crippen molar-refractivity contribution in [2.45, 2.75) is 57.5 Å². The van der Waals surface area contributed by atoms with Crippen molar-refractivity contribution >= 4 is 46.2 Å². The number of hydrogen-bond donors (Lipinski definition) is 0. The lowest BCUT2D eigenvalue weighted by molar-refractivity contribution is -0.254. The quantitative estimate of drug-likeness (QED) is 0.137. The van der Waals surface area contributed by atoms with Crippen molar-refractivity contribution in [3.8, 4) is 0 Å². The SMILES string of the molecule is Cc1sc(C=N[C@H](C)c2ccccc2)cc1C1=C(c2cc(C=N[C@H](C)c3ccccc3)sc2C)C(F)(F)C(F)(F)C1(F)F. The summed E-state index contributed by atoms with van der Waals surface area (Å²) >= 11 is 2.06. The molecule has 2 aromatic carbocycles. The van der Waals surface area contributed by atoms with Gasteiger partial charge in [0.25, 0.3) is 0 Å². The first-order valence-corrected chi connectivity index (χ1v) is 15.2. The van der Waals surface area contributed by atoms with Gasteiger partial charge in [-0.15, -0.1) is 22.7 Å². The Hall–Kier alpha value is -3.50. The van der Waals surface area contributed by atoms with E-state index in [9.17, 15) is 8.78 Å². The zero-order valence-electron chi connectivity index (χ0n) is 23.7. The van der Waals surface area contributed by atoms with Gasteiger partial charge in [-0.05, 0) is 62.1 Å². The van der Waals surface area contributed by atoms with Crippen LogP contribution in [0.2, 0.25) is 0 Å². The third kappa shape index (κ3) is 5.51. The van der Waals surface area contributed by atoms with Crippen LogP contribution in [0.3, 0.4) is 0 Å². The number of rotatable bonds is 8. The van der Waals surface area contributed by atoms with Crippen LogP contribution < -0.4 is 0 Å². The zero-order chi connectivity index (χ0) is 31.2. The minimum absolute atomic E-state index is 0.209. The molecule has 1 aliphatic carbocycles. The van der Waals surface area contributed by atoms with E-state index in [1.807, 2.05) is 74.5 Å². The third-order valence-corrected chi connectivity index (χ3v) is 9.46. The molecule has 43 heavy (non-hydrogen) atoms. The van der Waals surface area contributed by atoms with Crippen molar-refractivity contribution in [3.63, 3.8) is 0 Å². The minimum atomic E-state index is -5.63. The second kappa shape index (κ2) is 11.5. The molecule has 2 atom stereocenters. The average Bonchev–Trinajstić information content (AvgIpc) is 3.56. The molecule has 0 amide bonds. The van der Waals surface area contributed by atoms with Gasteiger partial charge in [0.05, 0.1) is 12.1 Å². The van der Waals surface area contributed by atoms with E-state index in [2.05, 4.69) is 9.98 Å². The number of thiophene rings is 2. The van der Waals surface area contributed by atoms with Crippen molar-refractivity contribution < 1.29 is 26.3 Å². The van der Waals surface area contributed by atoms with E-state index >= 15 is 17.6 Å². The Labute approximate surface area is 254 Å². The fourth-order valence-electron chi connectivity index (χ4n) is 5.07. The highest BCUT2D eigenvalue weighted by Crippen LogP contribution is 2.65. The highest BCUT2D eigenvalue weighted by molar-refractivity contribution is 7.14. The summed E-state index contributed by atoms with van der Waals surface area (Å²) in [5.41, 5.74) is -1.54. The molecule has 5 rings (SSSR count). The zero-order valence-corrected chi connectivity index (χ0v) is 25.3. The van der Waals surface area contributed by atoms with E-state index in [-0.39, 0.29) is 33.0 Å². The molecule has 10 heteroatoms. The third-order valence-electron chi connectivity index (χ3n) is 7.49. The molecule has 0 unspecified atom stereocenters. The number of alkyl halides is 6. The van der Waals surface area contributed by atoms with E-state index < -0.39 is 28.9 Å². The van der Waals surface area contributed by atoms with E-state index in [1.165, 1.54) is 38.4 Å². The molecule has 2 nitrogen and oxygen atoms in total. The normalized spacial score (nSPS) is 19.0. The van der Waals surface area contributed by atoms with E-state index in [0.29, 0.717) is 9.75 Å². The van der Waals surface area contributed by atoms with Gasteiger partial charge in [0.15, 0.2) is 0 Å². The van der Waals surface area contributed by atoms with Crippen LogP contribution in [0.25, 0.3) is 11.1 Å². The monoisotopic (exact) mass is 630 g/mol. The number of aryl methyl sites for hydroxylation is 2. The van der Waals surface area contributed by atoms with Crippen LogP contribution >= 0.6 is 22.7 Å². The molecular formula is C33H28F6N2S2. The smallest absolute Gasteiger partial charge is 0.284 e. The molecule has 0 saturated heterocycles. The molecule has 0 radical (unpaired) electrons. The van der Waals surface area contributed by atoms with Crippen molar-refractivity contribution in [1.29, 1.82) is 0 Å². The van der Waals surface area contributed by atoms with Crippen LogP contribution in [0.15, 0.2) is 82.8 Å².